The fourth-order valence-corrected chi connectivity index (χ4v) is 4.93. The molecule has 2 rings (SSSR count). The number of rotatable bonds is 16. The minimum Gasteiger partial charge on any atom is -0.338 e. The summed E-state index contributed by atoms with van der Waals surface area (Å²) < 4.78 is 2.14. The van der Waals surface area contributed by atoms with Crippen molar-refractivity contribution in [2.45, 2.75) is 149 Å². The smallest absolute Gasteiger partial charge is 0.222 e. The van der Waals surface area contributed by atoms with Crippen molar-refractivity contribution in [3.63, 3.8) is 0 Å². The van der Waals surface area contributed by atoms with Crippen molar-refractivity contribution in [3.05, 3.63) is 17.5 Å². The van der Waals surface area contributed by atoms with Gasteiger partial charge in [0.15, 0.2) is 0 Å². The maximum absolute atomic E-state index is 12.6. The molecule has 2 heterocycles. The van der Waals surface area contributed by atoms with E-state index in [-0.39, 0.29) is 5.54 Å². The van der Waals surface area contributed by atoms with Crippen LogP contribution >= 0.6 is 0 Å². The lowest BCUT2D eigenvalue weighted by molar-refractivity contribution is -0.132. The monoisotopic (exact) mass is 445 g/mol. The molecule has 1 aromatic heterocycles. The van der Waals surface area contributed by atoms with Crippen LogP contribution in [0.5, 0.6) is 0 Å². The number of hydrogen-bond acceptors (Lipinski definition) is 2. The molecule has 0 atom stereocenters. The molecule has 0 radical (unpaired) electrons. The van der Waals surface area contributed by atoms with E-state index >= 15 is 0 Å². The Balaban J connectivity index is 1.44. The molecular weight excluding hydrogens is 394 g/mol. The molecule has 0 fully saturated rings. The van der Waals surface area contributed by atoms with E-state index < -0.39 is 0 Å². The van der Waals surface area contributed by atoms with E-state index in [1.54, 1.807) is 0 Å². The number of aromatic nitrogens is 2. The van der Waals surface area contributed by atoms with Crippen LogP contribution < -0.4 is 0 Å². The van der Waals surface area contributed by atoms with Gasteiger partial charge in [0.2, 0.25) is 5.91 Å². The highest BCUT2D eigenvalue weighted by molar-refractivity contribution is 5.76. The fourth-order valence-electron chi connectivity index (χ4n) is 4.93. The molecule has 4 heteroatoms. The van der Waals surface area contributed by atoms with Gasteiger partial charge in [-0.3, -0.25) is 9.48 Å². The molecule has 0 unspecified atom stereocenters. The Labute approximate surface area is 198 Å². The van der Waals surface area contributed by atoms with Crippen molar-refractivity contribution in [3.8, 4) is 0 Å². The molecule has 0 aliphatic carbocycles. The Morgan fingerprint density at radius 2 is 1.34 bits per heavy atom. The molecule has 1 aliphatic rings. The van der Waals surface area contributed by atoms with Gasteiger partial charge in [0.1, 0.15) is 0 Å². The van der Waals surface area contributed by atoms with Crippen LogP contribution in [0.1, 0.15) is 142 Å². The maximum atomic E-state index is 12.6. The van der Waals surface area contributed by atoms with Gasteiger partial charge >= 0.3 is 0 Å². The first-order chi connectivity index (χ1) is 15.4. The van der Waals surface area contributed by atoms with Gasteiger partial charge in [0, 0.05) is 37.2 Å². The van der Waals surface area contributed by atoms with Crippen molar-refractivity contribution >= 4 is 5.91 Å². The summed E-state index contributed by atoms with van der Waals surface area (Å²) in [6, 6.07) is 0. The van der Waals surface area contributed by atoms with E-state index in [0.29, 0.717) is 12.3 Å². The van der Waals surface area contributed by atoms with Gasteiger partial charge in [0.25, 0.3) is 0 Å². The molecule has 0 bridgehead atoms. The van der Waals surface area contributed by atoms with Crippen LogP contribution in [-0.4, -0.2) is 27.1 Å². The molecule has 0 N–H and O–H groups in total. The summed E-state index contributed by atoms with van der Waals surface area (Å²) in [7, 11) is 0. The third-order valence-electron chi connectivity index (χ3n) is 6.92. The highest BCUT2D eigenvalue weighted by atomic mass is 16.2. The zero-order chi connectivity index (χ0) is 23.2. The molecule has 0 aromatic carbocycles. The van der Waals surface area contributed by atoms with Crippen LogP contribution in [0.25, 0.3) is 0 Å². The van der Waals surface area contributed by atoms with Crippen LogP contribution in [0.2, 0.25) is 0 Å². The Hall–Kier alpha value is -1.32. The van der Waals surface area contributed by atoms with Crippen LogP contribution in [-0.2, 0) is 23.3 Å². The normalized spacial score (nSPS) is 14.1. The lowest BCUT2D eigenvalue weighted by atomic mass is 10.0. The Morgan fingerprint density at radius 1 is 0.844 bits per heavy atom. The van der Waals surface area contributed by atoms with Crippen molar-refractivity contribution in [2.24, 2.45) is 0 Å². The minimum absolute atomic E-state index is 0.00759. The Bertz CT molecular complexity index is 644. The lowest BCUT2D eigenvalue weighted by Gasteiger charge is -2.30. The fraction of sp³-hybridized carbons (Fsp3) is 0.857. The zero-order valence-electron chi connectivity index (χ0n) is 21.8. The summed E-state index contributed by atoms with van der Waals surface area (Å²) in [5, 5.41) is 4.59. The summed E-state index contributed by atoms with van der Waals surface area (Å²) in [6.07, 6.45) is 24.0. The van der Waals surface area contributed by atoms with Crippen molar-refractivity contribution in [1.82, 2.24) is 14.7 Å². The first kappa shape index (κ1) is 26.9. The second-order valence-corrected chi connectivity index (χ2v) is 11.0. The quantitative estimate of drug-likeness (QED) is 0.244. The summed E-state index contributed by atoms with van der Waals surface area (Å²) in [5.41, 5.74) is 2.55. The van der Waals surface area contributed by atoms with E-state index in [1.807, 2.05) is 11.1 Å². The number of carbonyl (C=O) groups is 1. The molecule has 1 amide bonds. The second-order valence-electron chi connectivity index (χ2n) is 11.0. The molecule has 1 aliphatic heterocycles. The van der Waals surface area contributed by atoms with Gasteiger partial charge in [-0.1, -0.05) is 96.8 Å². The van der Waals surface area contributed by atoms with Crippen molar-refractivity contribution in [2.75, 3.05) is 6.54 Å². The molecule has 32 heavy (non-hydrogen) atoms. The zero-order valence-corrected chi connectivity index (χ0v) is 21.8. The number of unbranched alkanes of at least 4 members (excludes halogenated alkanes) is 14. The van der Waals surface area contributed by atoms with E-state index in [0.717, 1.165) is 25.9 Å². The highest BCUT2D eigenvalue weighted by Crippen LogP contribution is 2.25. The predicted molar refractivity (Wildman–Crippen MR) is 136 cm³/mol. The van der Waals surface area contributed by atoms with E-state index in [1.165, 1.54) is 101 Å². The van der Waals surface area contributed by atoms with Gasteiger partial charge in [0.05, 0.1) is 11.7 Å². The Morgan fingerprint density at radius 3 is 1.84 bits per heavy atom. The third-order valence-corrected chi connectivity index (χ3v) is 6.92. The third kappa shape index (κ3) is 9.67. The van der Waals surface area contributed by atoms with Crippen LogP contribution in [0.15, 0.2) is 6.20 Å². The first-order valence-corrected chi connectivity index (χ1v) is 13.8. The van der Waals surface area contributed by atoms with Crippen LogP contribution in [0.3, 0.4) is 0 Å². The molecule has 0 spiro atoms. The Kier molecular flexibility index (Phi) is 12.4. The van der Waals surface area contributed by atoms with Gasteiger partial charge in [-0.05, 0) is 27.2 Å². The van der Waals surface area contributed by atoms with Crippen LogP contribution in [0.4, 0.5) is 0 Å². The maximum Gasteiger partial charge on any atom is 0.222 e. The highest BCUT2D eigenvalue weighted by Gasteiger charge is 2.27. The summed E-state index contributed by atoms with van der Waals surface area (Å²) >= 11 is 0. The molecular formula is C28H51N3O. The molecule has 184 valence electrons. The van der Waals surface area contributed by atoms with Gasteiger partial charge < -0.3 is 4.90 Å². The van der Waals surface area contributed by atoms with Gasteiger partial charge in [-0.15, -0.1) is 0 Å². The summed E-state index contributed by atoms with van der Waals surface area (Å²) in [6.45, 7) is 10.4. The molecule has 0 saturated carbocycles. The average Bonchev–Trinajstić information content (AvgIpc) is 3.20. The van der Waals surface area contributed by atoms with E-state index in [4.69, 9.17) is 0 Å². The standard InChI is InChI=1S/C28H51N3O/c1-5-6-7-8-9-10-11-12-13-14-15-16-17-18-19-20-27(32)30-22-21-26-25(24-30)23-29-31(26)28(2,3)4/h23H,5-22,24H2,1-4H3. The number of hydrogen-bond donors (Lipinski definition) is 0. The largest absolute Gasteiger partial charge is 0.338 e. The second kappa shape index (κ2) is 14.8. The first-order valence-electron chi connectivity index (χ1n) is 13.8. The number of fused-ring (bicyclic) bond motifs is 1. The predicted octanol–water partition coefficient (Wildman–Crippen LogP) is 7.78. The molecule has 4 nitrogen and oxygen atoms in total. The van der Waals surface area contributed by atoms with Gasteiger partial charge in [-0.2, -0.15) is 5.10 Å². The van der Waals surface area contributed by atoms with Crippen LogP contribution in [0, 0.1) is 0 Å². The van der Waals surface area contributed by atoms with Gasteiger partial charge in [-0.25, -0.2) is 0 Å². The number of carbonyl (C=O) groups excluding carboxylic acids is 1. The topological polar surface area (TPSA) is 38.1 Å². The van der Waals surface area contributed by atoms with Crippen molar-refractivity contribution < 1.29 is 4.79 Å². The summed E-state index contributed by atoms with van der Waals surface area (Å²) in [5.74, 6) is 0.328. The minimum atomic E-state index is 0.00759. The van der Waals surface area contributed by atoms with E-state index in [9.17, 15) is 4.79 Å². The lowest BCUT2D eigenvalue weighted by Crippen LogP contribution is -2.37. The molecule has 0 saturated heterocycles. The SMILES string of the molecule is CCCCCCCCCCCCCCCCCC(=O)N1CCc2c(cnn2C(C)(C)C)C1. The number of nitrogens with zero attached hydrogens (tertiary/aromatic N) is 3. The average molecular weight is 446 g/mol. The number of amides is 1. The summed E-state index contributed by atoms with van der Waals surface area (Å²) in [4.78, 5) is 14.7. The molecule has 1 aromatic rings. The van der Waals surface area contributed by atoms with Crippen molar-refractivity contribution in [1.29, 1.82) is 0 Å². The van der Waals surface area contributed by atoms with E-state index in [2.05, 4.69) is 37.5 Å².